The molecule has 0 spiro atoms. The van der Waals surface area contributed by atoms with Crippen molar-refractivity contribution >= 4 is 11.9 Å². The highest BCUT2D eigenvalue weighted by atomic mass is 16.3. The van der Waals surface area contributed by atoms with Crippen molar-refractivity contribution in [2.45, 2.75) is 31.8 Å². The average molecular weight is 348 g/mol. The Balaban J connectivity index is 1.70. The van der Waals surface area contributed by atoms with Gasteiger partial charge in [0.2, 0.25) is 0 Å². The molecule has 0 aromatic carbocycles. The van der Waals surface area contributed by atoms with Gasteiger partial charge in [-0.15, -0.1) is 0 Å². The molecule has 2 atom stereocenters. The summed E-state index contributed by atoms with van der Waals surface area (Å²) >= 11 is 0. The van der Waals surface area contributed by atoms with Gasteiger partial charge in [-0.05, 0) is 31.4 Å². The first-order valence-corrected chi connectivity index (χ1v) is 9.00. The number of aromatic nitrogens is 1. The van der Waals surface area contributed by atoms with Crippen LogP contribution in [0, 0.1) is 5.92 Å². The van der Waals surface area contributed by atoms with Crippen LogP contribution >= 0.6 is 0 Å². The van der Waals surface area contributed by atoms with Crippen molar-refractivity contribution in [1.82, 2.24) is 19.7 Å². The summed E-state index contributed by atoms with van der Waals surface area (Å²) in [5.74, 6) is -0.138. The lowest BCUT2D eigenvalue weighted by atomic mass is 9.75. The van der Waals surface area contributed by atoms with Crippen LogP contribution in [-0.2, 0) is 6.42 Å². The normalized spacial score (nSPS) is 26.3. The molecule has 0 saturated carbocycles. The van der Waals surface area contributed by atoms with Gasteiger partial charge in [0.05, 0.1) is 5.60 Å². The fourth-order valence-corrected chi connectivity index (χ4v) is 3.89. The molecule has 0 bridgehead atoms. The Morgan fingerprint density at radius 1 is 1.24 bits per heavy atom. The van der Waals surface area contributed by atoms with Gasteiger partial charge in [0.1, 0.15) is 5.69 Å². The van der Waals surface area contributed by atoms with E-state index in [1.165, 1.54) is 0 Å². The van der Waals surface area contributed by atoms with Crippen LogP contribution < -0.4 is 0 Å². The highest BCUT2D eigenvalue weighted by molar-refractivity contribution is 5.92. The second-order valence-corrected chi connectivity index (χ2v) is 7.43. The standard InChI is InChI=1S/C18H28N4O3/c1-4-14-5-6-15(19-14)16(23)21-9-7-18(25)8-10-22(12-13(18)11-21)17(24)20(2)3/h5-6,13,19,25H,4,7-12H2,1-3H3/t13-,18-/m0/s1. The number of rotatable bonds is 2. The quantitative estimate of drug-likeness (QED) is 0.842. The predicted molar refractivity (Wildman–Crippen MR) is 94.4 cm³/mol. The molecular formula is C18H28N4O3. The Hall–Kier alpha value is -2.02. The van der Waals surface area contributed by atoms with Crippen molar-refractivity contribution in [2.75, 3.05) is 40.3 Å². The molecule has 7 nitrogen and oxygen atoms in total. The number of urea groups is 1. The zero-order valence-electron chi connectivity index (χ0n) is 15.3. The van der Waals surface area contributed by atoms with E-state index in [0.717, 1.165) is 12.1 Å². The zero-order chi connectivity index (χ0) is 18.2. The van der Waals surface area contributed by atoms with E-state index in [1.54, 1.807) is 28.8 Å². The highest BCUT2D eigenvalue weighted by Crippen LogP contribution is 2.36. The van der Waals surface area contributed by atoms with Gasteiger partial charge in [0.25, 0.3) is 5.91 Å². The molecule has 1 aromatic heterocycles. The molecule has 2 N–H and O–H groups in total. The van der Waals surface area contributed by atoms with Gasteiger partial charge in [-0.25, -0.2) is 4.79 Å². The van der Waals surface area contributed by atoms with Crippen LogP contribution in [0.4, 0.5) is 4.79 Å². The maximum Gasteiger partial charge on any atom is 0.319 e. The van der Waals surface area contributed by atoms with Crippen LogP contribution in [0.15, 0.2) is 12.1 Å². The summed E-state index contributed by atoms with van der Waals surface area (Å²) in [5, 5.41) is 10.9. The van der Waals surface area contributed by atoms with Gasteiger partial charge in [-0.3, -0.25) is 4.79 Å². The number of piperidine rings is 2. The molecule has 2 saturated heterocycles. The van der Waals surface area contributed by atoms with Crippen LogP contribution in [0.1, 0.15) is 35.9 Å². The number of aromatic amines is 1. The molecule has 138 valence electrons. The van der Waals surface area contributed by atoms with Crippen LogP contribution in [0.5, 0.6) is 0 Å². The lowest BCUT2D eigenvalue weighted by Crippen LogP contribution is -2.62. The molecule has 3 heterocycles. The lowest BCUT2D eigenvalue weighted by Gasteiger charge is -2.50. The largest absolute Gasteiger partial charge is 0.389 e. The van der Waals surface area contributed by atoms with Gasteiger partial charge in [0, 0.05) is 51.9 Å². The first-order chi connectivity index (χ1) is 11.8. The summed E-state index contributed by atoms with van der Waals surface area (Å²) in [4.78, 5) is 33.3. The fourth-order valence-electron chi connectivity index (χ4n) is 3.89. The number of aliphatic hydroxyl groups is 1. The minimum Gasteiger partial charge on any atom is -0.389 e. The molecule has 0 unspecified atom stereocenters. The van der Waals surface area contributed by atoms with Crippen molar-refractivity contribution in [1.29, 1.82) is 0 Å². The van der Waals surface area contributed by atoms with Gasteiger partial charge in [-0.1, -0.05) is 6.92 Å². The smallest absolute Gasteiger partial charge is 0.319 e. The first kappa shape index (κ1) is 17.8. The Morgan fingerprint density at radius 2 is 1.88 bits per heavy atom. The number of nitrogens with zero attached hydrogens (tertiary/aromatic N) is 3. The van der Waals surface area contributed by atoms with E-state index >= 15 is 0 Å². The Bertz CT molecular complexity index is 657. The van der Waals surface area contributed by atoms with Crippen molar-refractivity contribution < 1.29 is 14.7 Å². The van der Waals surface area contributed by atoms with E-state index in [2.05, 4.69) is 4.98 Å². The van der Waals surface area contributed by atoms with E-state index in [-0.39, 0.29) is 17.9 Å². The van der Waals surface area contributed by atoms with Crippen molar-refractivity contribution in [2.24, 2.45) is 5.92 Å². The van der Waals surface area contributed by atoms with Gasteiger partial charge < -0.3 is 24.8 Å². The van der Waals surface area contributed by atoms with E-state index < -0.39 is 5.60 Å². The van der Waals surface area contributed by atoms with Gasteiger partial charge >= 0.3 is 6.03 Å². The number of nitrogens with one attached hydrogen (secondary N) is 1. The minimum atomic E-state index is -0.774. The number of aryl methyl sites for hydroxylation is 1. The molecule has 3 amide bonds. The number of fused-ring (bicyclic) bond motifs is 1. The summed E-state index contributed by atoms with van der Waals surface area (Å²) in [6.07, 6.45) is 1.99. The van der Waals surface area contributed by atoms with Crippen LogP contribution in [0.2, 0.25) is 0 Å². The van der Waals surface area contributed by atoms with Crippen LogP contribution in [0.3, 0.4) is 0 Å². The molecule has 1 aromatic rings. The summed E-state index contributed by atoms with van der Waals surface area (Å²) in [6, 6.07) is 3.72. The molecule has 0 radical (unpaired) electrons. The number of carbonyl (C=O) groups is 2. The van der Waals surface area contributed by atoms with E-state index in [0.29, 0.717) is 44.7 Å². The fraction of sp³-hybridized carbons (Fsp3) is 0.667. The maximum absolute atomic E-state index is 12.8. The molecular weight excluding hydrogens is 320 g/mol. The van der Waals surface area contributed by atoms with Crippen LogP contribution in [-0.4, -0.2) is 82.6 Å². The number of likely N-dealkylation sites (tertiary alicyclic amines) is 2. The third-order valence-electron chi connectivity index (χ3n) is 5.57. The third kappa shape index (κ3) is 3.38. The lowest BCUT2D eigenvalue weighted by molar-refractivity contribution is -0.101. The Morgan fingerprint density at radius 3 is 2.48 bits per heavy atom. The molecule has 0 aliphatic carbocycles. The van der Waals surface area contributed by atoms with E-state index in [1.807, 2.05) is 19.1 Å². The average Bonchev–Trinajstić information content (AvgIpc) is 3.08. The van der Waals surface area contributed by atoms with Crippen molar-refractivity contribution in [3.8, 4) is 0 Å². The predicted octanol–water partition coefficient (Wildman–Crippen LogP) is 1.16. The summed E-state index contributed by atoms with van der Waals surface area (Å²) in [5.41, 5.74) is 0.862. The van der Waals surface area contributed by atoms with Crippen molar-refractivity contribution in [3.05, 3.63) is 23.5 Å². The SMILES string of the molecule is CCc1ccc(C(=O)N2CC[C@]3(O)CCN(C(=O)N(C)C)C[C@@H]3C2)[nH]1. The molecule has 25 heavy (non-hydrogen) atoms. The molecule has 2 fully saturated rings. The minimum absolute atomic E-state index is 0.0298. The summed E-state index contributed by atoms with van der Waals surface area (Å²) in [7, 11) is 3.47. The topological polar surface area (TPSA) is 79.9 Å². The summed E-state index contributed by atoms with van der Waals surface area (Å²) < 4.78 is 0. The number of amides is 3. The second-order valence-electron chi connectivity index (χ2n) is 7.43. The zero-order valence-corrected chi connectivity index (χ0v) is 15.3. The first-order valence-electron chi connectivity index (χ1n) is 9.00. The number of hydrogen-bond donors (Lipinski definition) is 2. The van der Waals surface area contributed by atoms with Gasteiger partial charge in [-0.2, -0.15) is 0 Å². The monoisotopic (exact) mass is 348 g/mol. The molecule has 3 rings (SSSR count). The molecule has 7 heteroatoms. The van der Waals surface area contributed by atoms with E-state index in [9.17, 15) is 14.7 Å². The Labute approximate surface area is 148 Å². The number of carbonyl (C=O) groups excluding carboxylic acids is 2. The molecule has 2 aliphatic rings. The Kier molecular flexibility index (Phi) is 4.77. The third-order valence-corrected chi connectivity index (χ3v) is 5.57. The number of hydrogen-bond acceptors (Lipinski definition) is 3. The van der Waals surface area contributed by atoms with E-state index in [4.69, 9.17) is 0 Å². The van der Waals surface area contributed by atoms with Crippen molar-refractivity contribution in [3.63, 3.8) is 0 Å². The summed E-state index contributed by atoms with van der Waals surface area (Å²) in [6.45, 7) is 4.12. The molecule has 2 aliphatic heterocycles. The number of H-pyrrole nitrogens is 1. The van der Waals surface area contributed by atoms with Gasteiger partial charge in [0.15, 0.2) is 0 Å². The second kappa shape index (κ2) is 6.71. The maximum atomic E-state index is 12.8. The van der Waals surface area contributed by atoms with Crippen LogP contribution in [0.25, 0.3) is 0 Å². The highest BCUT2D eigenvalue weighted by Gasteiger charge is 2.47.